The van der Waals surface area contributed by atoms with Crippen LogP contribution in [0.4, 0.5) is 28.4 Å². The molecule has 0 saturated carbocycles. The normalized spacial score (nSPS) is 13.9. The molecule has 0 radical (unpaired) electrons. The van der Waals surface area contributed by atoms with Gasteiger partial charge < -0.3 is 20.3 Å². The van der Waals surface area contributed by atoms with Gasteiger partial charge in [-0.1, -0.05) is 81.4 Å². The van der Waals surface area contributed by atoms with E-state index in [2.05, 4.69) is 10.1 Å². The maximum absolute atomic E-state index is 15.2. The fraction of sp³-hybridized carbons (Fsp3) is 0.359. The Morgan fingerprint density at radius 2 is 1.38 bits per heavy atom. The van der Waals surface area contributed by atoms with Gasteiger partial charge in [0.05, 0.1) is 37.8 Å². The van der Waals surface area contributed by atoms with Gasteiger partial charge >= 0.3 is 18.4 Å². The van der Waals surface area contributed by atoms with Gasteiger partial charge in [0.2, 0.25) is 10.0 Å². The van der Waals surface area contributed by atoms with E-state index in [-0.39, 0.29) is 26.9 Å². The van der Waals surface area contributed by atoms with Crippen LogP contribution in [-0.2, 0) is 24.3 Å². The number of carbonyl (C=O) groups is 3. The Morgan fingerprint density at radius 3 is 1.84 bits per heavy atom. The lowest BCUT2D eigenvalue weighted by Gasteiger charge is -2.34. The third-order valence-electron chi connectivity index (χ3n) is 8.88. The molecule has 1 aromatic heterocycles. The SMILES string of the molecule is COC(=O)Nc1ccc(S(=O)(=O)N(CCC(C)(C)C)C(CO)c2ccc([C@@H](N(C(=O)OC)C(=O)[C@@H](N)C(c3ccccc3)c3ccccc3)C(F)(F)F)s2)cc1. The van der Waals surface area contributed by atoms with E-state index in [1.165, 1.54) is 30.3 Å². The number of imide groups is 1. The van der Waals surface area contributed by atoms with Gasteiger partial charge in [-0.25, -0.2) is 22.9 Å². The minimum atomic E-state index is -5.26. The number of nitrogens with one attached hydrogen (secondary N) is 1. The summed E-state index contributed by atoms with van der Waals surface area (Å²) in [5.41, 5.74) is 7.38. The van der Waals surface area contributed by atoms with E-state index in [4.69, 9.17) is 10.5 Å². The van der Waals surface area contributed by atoms with Crippen LogP contribution in [0, 0.1) is 5.41 Å². The summed E-state index contributed by atoms with van der Waals surface area (Å²) >= 11 is 0.482. The lowest BCUT2D eigenvalue weighted by molar-refractivity contribution is -0.186. The van der Waals surface area contributed by atoms with E-state index < -0.39 is 75.2 Å². The van der Waals surface area contributed by atoms with Crippen LogP contribution < -0.4 is 11.1 Å². The standard InChI is InChI=1S/C39H45F3N4O8S2/c1-38(2,3)22-23-45(56(51,52)28-18-16-27(17-19-28)44-36(49)53-4)29(24-47)30-20-21-31(55-30)34(39(40,41)42)46(37(50)54-5)35(48)33(43)32(25-12-8-6-9-13-25)26-14-10-7-11-15-26/h6-21,29,32-34,47H,22-24,43H2,1-5H3,(H,44,49)/t29?,33-,34+/m0/s1. The van der Waals surface area contributed by atoms with Gasteiger partial charge in [-0.05, 0) is 59.4 Å². The highest BCUT2D eigenvalue weighted by Crippen LogP contribution is 2.44. The van der Waals surface area contributed by atoms with Crippen LogP contribution in [-0.4, -0.2) is 80.4 Å². The number of nitrogens with two attached hydrogens (primary N) is 1. The number of methoxy groups -OCH3 is 2. The quantitative estimate of drug-likeness (QED) is 0.117. The van der Waals surface area contributed by atoms with Crippen molar-refractivity contribution < 1.29 is 50.6 Å². The van der Waals surface area contributed by atoms with Crippen molar-refractivity contribution in [1.29, 1.82) is 0 Å². The minimum absolute atomic E-state index is 0.00576. The van der Waals surface area contributed by atoms with Crippen molar-refractivity contribution in [2.75, 3.05) is 32.7 Å². The van der Waals surface area contributed by atoms with Crippen molar-refractivity contribution in [2.45, 2.75) is 62.3 Å². The Balaban J connectivity index is 1.79. The first-order valence-corrected chi connectivity index (χ1v) is 19.6. The Kier molecular flexibility index (Phi) is 14.4. The molecule has 4 N–H and O–H groups in total. The molecule has 302 valence electrons. The number of hydrogen-bond donors (Lipinski definition) is 3. The number of thiophene rings is 1. The molecular formula is C39H45F3N4O8S2. The molecule has 12 nitrogen and oxygen atoms in total. The largest absolute Gasteiger partial charge is 0.453 e. The maximum Gasteiger partial charge on any atom is 0.417 e. The molecule has 3 amide bonds. The summed E-state index contributed by atoms with van der Waals surface area (Å²) in [5, 5.41) is 13.1. The van der Waals surface area contributed by atoms with Gasteiger partial charge in [0, 0.05) is 27.9 Å². The summed E-state index contributed by atoms with van der Waals surface area (Å²) in [4.78, 5) is 38.3. The number of nitrogens with zero attached hydrogens (tertiary/aromatic N) is 2. The van der Waals surface area contributed by atoms with E-state index in [0.29, 0.717) is 28.9 Å². The number of anilines is 1. The monoisotopic (exact) mass is 818 g/mol. The number of ether oxygens (including phenoxy) is 2. The molecular weight excluding hydrogens is 774 g/mol. The highest BCUT2D eigenvalue weighted by atomic mass is 32.2. The Bertz CT molecular complexity index is 2000. The third-order valence-corrected chi connectivity index (χ3v) is 12.0. The van der Waals surface area contributed by atoms with Crippen LogP contribution >= 0.6 is 11.3 Å². The van der Waals surface area contributed by atoms with Crippen LogP contribution in [0.5, 0.6) is 0 Å². The molecule has 56 heavy (non-hydrogen) atoms. The highest BCUT2D eigenvalue weighted by Gasteiger charge is 2.52. The summed E-state index contributed by atoms with van der Waals surface area (Å²) < 4.78 is 84.5. The van der Waals surface area contributed by atoms with Crippen LogP contribution in [0.25, 0.3) is 0 Å². The Labute approximate surface area is 328 Å². The summed E-state index contributed by atoms with van der Waals surface area (Å²) in [5.74, 6) is -2.33. The number of sulfonamides is 1. The highest BCUT2D eigenvalue weighted by molar-refractivity contribution is 7.89. The average Bonchev–Trinajstić information content (AvgIpc) is 3.63. The predicted octanol–water partition coefficient (Wildman–Crippen LogP) is 7.44. The molecule has 0 aliphatic rings. The predicted molar refractivity (Wildman–Crippen MR) is 205 cm³/mol. The van der Waals surface area contributed by atoms with Crippen LogP contribution in [0.15, 0.2) is 102 Å². The van der Waals surface area contributed by atoms with Gasteiger partial charge in [-0.3, -0.25) is 10.1 Å². The van der Waals surface area contributed by atoms with E-state index in [1.807, 2.05) is 20.8 Å². The van der Waals surface area contributed by atoms with Crippen molar-refractivity contribution in [3.63, 3.8) is 0 Å². The molecule has 3 atom stereocenters. The number of hydrogen-bond acceptors (Lipinski definition) is 10. The molecule has 0 saturated heterocycles. The molecule has 3 aromatic carbocycles. The fourth-order valence-electron chi connectivity index (χ4n) is 6.01. The van der Waals surface area contributed by atoms with Crippen LogP contribution in [0.3, 0.4) is 0 Å². The maximum atomic E-state index is 15.2. The number of aliphatic hydroxyl groups excluding tert-OH is 1. The topological polar surface area (TPSA) is 169 Å². The summed E-state index contributed by atoms with van der Waals surface area (Å²) in [6, 6.07) is 18.3. The summed E-state index contributed by atoms with van der Waals surface area (Å²) in [6.45, 7) is 4.65. The number of benzene rings is 3. The van der Waals surface area contributed by atoms with E-state index >= 15 is 13.2 Å². The van der Waals surface area contributed by atoms with Crippen molar-refractivity contribution >= 4 is 45.1 Å². The summed E-state index contributed by atoms with van der Waals surface area (Å²) in [7, 11) is -2.43. The smallest absolute Gasteiger partial charge is 0.417 e. The van der Waals surface area contributed by atoms with Crippen molar-refractivity contribution in [3.8, 4) is 0 Å². The number of aliphatic hydroxyl groups is 1. The fourth-order valence-corrected chi connectivity index (χ4v) is 8.91. The van der Waals surface area contributed by atoms with Gasteiger partial charge in [-0.2, -0.15) is 17.5 Å². The minimum Gasteiger partial charge on any atom is -0.453 e. The Morgan fingerprint density at radius 1 is 0.839 bits per heavy atom. The zero-order valence-corrected chi connectivity index (χ0v) is 33.0. The van der Waals surface area contributed by atoms with Crippen molar-refractivity contribution in [1.82, 2.24) is 9.21 Å². The number of halogens is 3. The second-order valence-electron chi connectivity index (χ2n) is 14.0. The van der Waals surface area contributed by atoms with Gasteiger partial charge in [-0.15, -0.1) is 11.3 Å². The van der Waals surface area contributed by atoms with Gasteiger partial charge in [0.1, 0.15) is 0 Å². The first-order valence-electron chi connectivity index (χ1n) is 17.3. The molecule has 4 rings (SSSR count). The molecule has 0 aliphatic heterocycles. The molecule has 4 aromatic rings. The van der Waals surface area contributed by atoms with Gasteiger partial charge in [0.15, 0.2) is 6.04 Å². The van der Waals surface area contributed by atoms with Crippen LogP contribution in [0.2, 0.25) is 0 Å². The first-order chi connectivity index (χ1) is 26.3. The van der Waals surface area contributed by atoms with Crippen LogP contribution in [0.1, 0.15) is 66.1 Å². The lowest BCUT2D eigenvalue weighted by Crippen LogP contribution is -2.53. The third kappa shape index (κ3) is 10.5. The van der Waals surface area contributed by atoms with E-state index in [1.54, 1.807) is 60.7 Å². The lowest BCUT2D eigenvalue weighted by atomic mass is 9.84. The molecule has 0 aliphatic carbocycles. The molecule has 0 bridgehead atoms. The van der Waals surface area contributed by atoms with Crippen molar-refractivity contribution in [3.05, 3.63) is 118 Å². The second kappa shape index (κ2) is 18.4. The average molecular weight is 819 g/mol. The zero-order valence-electron chi connectivity index (χ0n) is 31.4. The molecule has 17 heteroatoms. The number of amides is 3. The molecule has 1 heterocycles. The second-order valence-corrected chi connectivity index (χ2v) is 17.0. The van der Waals surface area contributed by atoms with Gasteiger partial charge in [0.25, 0.3) is 5.91 Å². The Hall–Kier alpha value is -4.81. The molecule has 0 fully saturated rings. The summed E-state index contributed by atoms with van der Waals surface area (Å²) in [6.07, 6.45) is -7.35. The first kappa shape index (κ1) is 43.9. The van der Waals surface area contributed by atoms with E-state index in [9.17, 15) is 27.9 Å². The molecule has 0 spiro atoms. The molecule has 1 unspecified atom stereocenters. The number of alkyl halides is 3. The number of carbonyl (C=O) groups excluding carboxylic acids is 3. The number of rotatable bonds is 14. The van der Waals surface area contributed by atoms with E-state index in [0.717, 1.165) is 24.6 Å². The van der Waals surface area contributed by atoms with Crippen molar-refractivity contribution in [2.24, 2.45) is 11.1 Å². The zero-order chi connectivity index (χ0) is 41.4.